The highest BCUT2D eigenvalue weighted by Crippen LogP contribution is 2.26. The van der Waals surface area contributed by atoms with Gasteiger partial charge in [0.2, 0.25) is 0 Å². The molecule has 0 aliphatic heterocycles. The Kier molecular flexibility index (Phi) is 4.80. The molecule has 5 nitrogen and oxygen atoms in total. The van der Waals surface area contributed by atoms with Crippen LogP contribution >= 0.6 is 12.4 Å². The van der Waals surface area contributed by atoms with E-state index < -0.39 is 12.0 Å². The minimum atomic E-state index is -0.699. The number of carbonyl (C=O) groups excluding carboxylic acids is 1. The van der Waals surface area contributed by atoms with Gasteiger partial charge in [-0.25, -0.2) is 0 Å². The molecule has 1 aromatic heterocycles. The van der Waals surface area contributed by atoms with Crippen LogP contribution in [-0.2, 0) is 16.0 Å². The second-order valence-electron chi connectivity index (χ2n) is 4.29. The van der Waals surface area contributed by atoms with Crippen molar-refractivity contribution in [3.63, 3.8) is 0 Å². The number of rotatable bonds is 3. The van der Waals surface area contributed by atoms with Crippen LogP contribution in [0.5, 0.6) is 5.75 Å². The van der Waals surface area contributed by atoms with Gasteiger partial charge >= 0.3 is 5.97 Å². The van der Waals surface area contributed by atoms with Gasteiger partial charge in [-0.1, -0.05) is 0 Å². The molecular weight excluding hydrogens is 268 g/mol. The van der Waals surface area contributed by atoms with Crippen LogP contribution in [0.25, 0.3) is 10.9 Å². The fourth-order valence-corrected chi connectivity index (χ4v) is 2.09. The first-order valence-electron chi connectivity index (χ1n) is 5.66. The highest BCUT2D eigenvalue weighted by atomic mass is 35.5. The third-order valence-corrected chi connectivity index (χ3v) is 3.03. The number of hydrogen-bond acceptors (Lipinski definition) is 4. The second kappa shape index (κ2) is 5.95. The molecule has 104 valence electrons. The van der Waals surface area contributed by atoms with Crippen LogP contribution in [0, 0.1) is 6.92 Å². The highest BCUT2D eigenvalue weighted by molar-refractivity contribution is 5.87. The smallest absolute Gasteiger partial charge is 0.322 e. The summed E-state index contributed by atoms with van der Waals surface area (Å²) in [6, 6.07) is 4.38. The van der Waals surface area contributed by atoms with Crippen LogP contribution in [0.15, 0.2) is 18.2 Å². The molecular formula is C13H17ClN2O3. The monoisotopic (exact) mass is 284 g/mol. The summed E-state index contributed by atoms with van der Waals surface area (Å²) < 4.78 is 4.61. The molecule has 0 aliphatic rings. The Morgan fingerprint density at radius 2 is 2.21 bits per heavy atom. The van der Waals surface area contributed by atoms with E-state index in [4.69, 9.17) is 5.73 Å². The summed E-state index contributed by atoms with van der Waals surface area (Å²) in [7, 11) is 1.32. The topological polar surface area (TPSA) is 88.3 Å². The molecule has 6 heteroatoms. The number of aromatic amines is 1. The average molecular weight is 285 g/mol. The fourth-order valence-electron chi connectivity index (χ4n) is 2.09. The van der Waals surface area contributed by atoms with E-state index >= 15 is 0 Å². The standard InChI is InChI=1S/C13H16N2O3.ClH/c1-7-9(6-11(14)13(17)18-2)10-5-8(16)3-4-12(10)15-7;/h3-5,11,15-16H,6,14H2,1-2H3;1H/t11-;/m0./s1. The van der Waals surface area contributed by atoms with Crippen molar-refractivity contribution in [3.05, 3.63) is 29.5 Å². The van der Waals surface area contributed by atoms with Crippen molar-refractivity contribution in [1.82, 2.24) is 4.98 Å². The minimum Gasteiger partial charge on any atom is -0.508 e. The number of aryl methyl sites for hydroxylation is 1. The number of benzene rings is 1. The molecule has 1 atom stereocenters. The lowest BCUT2D eigenvalue weighted by Gasteiger charge is -2.09. The van der Waals surface area contributed by atoms with Crippen molar-refractivity contribution in [2.24, 2.45) is 5.73 Å². The Morgan fingerprint density at radius 1 is 1.53 bits per heavy atom. The molecule has 4 N–H and O–H groups in total. The summed E-state index contributed by atoms with van der Waals surface area (Å²) >= 11 is 0. The number of esters is 1. The molecule has 1 heterocycles. The number of methoxy groups -OCH3 is 1. The third-order valence-electron chi connectivity index (χ3n) is 3.03. The molecule has 19 heavy (non-hydrogen) atoms. The van der Waals surface area contributed by atoms with Gasteiger partial charge in [0.05, 0.1) is 7.11 Å². The van der Waals surface area contributed by atoms with E-state index in [1.807, 2.05) is 6.92 Å². The van der Waals surface area contributed by atoms with Gasteiger partial charge < -0.3 is 20.6 Å². The first-order chi connectivity index (χ1) is 8.52. The maximum atomic E-state index is 11.3. The Balaban J connectivity index is 0.00000180. The molecule has 0 bridgehead atoms. The molecule has 0 unspecified atom stereocenters. The molecule has 0 fully saturated rings. The van der Waals surface area contributed by atoms with Crippen molar-refractivity contribution in [2.45, 2.75) is 19.4 Å². The summed E-state index contributed by atoms with van der Waals surface area (Å²) in [5, 5.41) is 10.4. The van der Waals surface area contributed by atoms with Crippen LogP contribution in [0.2, 0.25) is 0 Å². The predicted molar refractivity (Wildman–Crippen MR) is 75.6 cm³/mol. The molecule has 0 aliphatic carbocycles. The van der Waals surface area contributed by atoms with E-state index in [2.05, 4.69) is 9.72 Å². The SMILES string of the molecule is COC(=O)[C@@H](N)Cc1c(C)[nH]c2ccc(O)cc12.Cl. The highest BCUT2D eigenvalue weighted by Gasteiger charge is 2.18. The van der Waals surface area contributed by atoms with E-state index in [0.717, 1.165) is 22.2 Å². The summed E-state index contributed by atoms with van der Waals surface area (Å²) in [4.78, 5) is 14.5. The van der Waals surface area contributed by atoms with Gasteiger partial charge in [0, 0.05) is 23.0 Å². The van der Waals surface area contributed by atoms with Crippen molar-refractivity contribution < 1.29 is 14.6 Å². The normalized spacial score (nSPS) is 11.9. The quantitative estimate of drug-likeness (QED) is 0.748. The van der Waals surface area contributed by atoms with E-state index in [9.17, 15) is 9.90 Å². The van der Waals surface area contributed by atoms with E-state index in [1.165, 1.54) is 7.11 Å². The number of ether oxygens (including phenoxy) is 1. The Bertz CT molecular complexity index is 595. The third kappa shape index (κ3) is 3.00. The number of phenolic OH excluding ortho intramolecular Hbond substituents is 1. The molecule has 0 spiro atoms. The van der Waals surface area contributed by atoms with Crippen molar-refractivity contribution >= 4 is 29.3 Å². The molecule has 0 saturated heterocycles. The molecule has 0 amide bonds. The predicted octanol–water partition coefficient (Wildman–Crippen LogP) is 1.65. The number of aromatic nitrogens is 1. The number of aromatic hydroxyl groups is 1. The summed E-state index contributed by atoms with van der Waals surface area (Å²) in [6.07, 6.45) is 0.377. The first-order valence-corrected chi connectivity index (χ1v) is 5.66. The van der Waals surface area contributed by atoms with Gasteiger partial charge in [-0.2, -0.15) is 0 Å². The second-order valence-corrected chi connectivity index (χ2v) is 4.29. The van der Waals surface area contributed by atoms with Crippen molar-refractivity contribution in [3.8, 4) is 5.75 Å². The van der Waals surface area contributed by atoms with Crippen molar-refractivity contribution in [2.75, 3.05) is 7.11 Å². The number of carbonyl (C=O) groups is 1. The maximum absolute atomic E-state index is 11.3. The fraction of sp³-hybridized carbons (Fsp3) is 0.308. The van der Waals surface area contributed by atoms with Gasteiger partial charge in [0.15, 0.2) is 0 Å². The number of nitrogens with two attached hydrogens (primary N) is 1. The van der Waals surface area contributed by atoms with Gasteiger partial charge in [-0.05, 0) is 30.7 Å². The van der Waals surface area contributed by atoms with E-state index in [0.29, 0.717) is 6.42 Å². The lowest BCUT2D eigenvalue weighted by Crippen LogP contribution is -2.33. The number of nitrogens with one attached hydrogen (secondary N) is 1. The van der Waals surface area contributed by atoms with E-state index in [-0.39, 0.29) is 18.2 Å². The van der Waals surface area contributed by atoms with Gasteiger partial charge in [-0.15, -0.1) is 12.4 Å². The molecule has 0 radical (unpaired) electrons. The zero-order valence-corrected chi connectivity index (χ0v) is 11.6. The van der Waals surface area contributed by atoms with Gasteiger partial charge in [-0.3, -0.25) is 4.79 Å². The largest absolute Gasteiger partial charge is 0.508 e. The minimum absolute atomic E-state index is 0. The molecule has 0 saturated carbocycles. The molecule has 2 aromatic rings. The summed E-state index contributed by atoms with van der Waals surface area (Å²) in [5.74, 6) is -0.252. The Hall–Kier alpha value is -1.72. The van der Waals surface area contributed by atoms with Crippen LogP contribution < -0.4 is 5.73 Å². The van der Waals surface area contributed by atoms with Gasteiger partial charge in [0.1, 0.15) is 11.8 Å². The number of fused-ring (bicyclic) bond motifs is 1. The summed E-state index contributed by atoms with van der Waals surface area (Å²) in [6.45, 7) is 1.91. The maximum Gasteiger partial charge on any atom is 0.322 e. The average Bonchev–Trinajstić information content (AvgIpc) is 2.65. The van der Waals surface area contributed by atoms with Crippen LogP contribution in [0.4, 0.5) is 0 Å². The lowest BCUT2D eigenvalue weighted by atomic mass is 10.0. The first kappa shape index (κ1) is 15.3. The summed E-state index contributed by atoms with van der Waals surface area (Å²) in [5.41, 5.74) is 8.55. The van der Waals surface area contributed by atoms with Crippen LogP contribution in [-0.4, -0.2) is 29.2 Å². The molecule has 2 rings (SSSR count). The Labute approximate surface area is 117 Å². The van der Waals surface area contributed by atoms with Crippen LogP contribution in [0.1, 0.15) is 11.3 Å². The number of hydrogen-bond donors (Lipinski definition) is 3. The van der Waals surface area contributed by atoms with Gasteiger partial charge in [0.25, 0.3) is 0 Å². The lowest BCUT2D eigenvalue weighted by molar-refractivity contribution is -0.142. The van der Waals surface area contributed by atoms with Crippen molar-refractivity contribution in [1.29, 1.82) is 0 Å². The number of H-pyrrole nitrogens is 1. The Morgan fingerprint density at radius 3 is 2.84 bits per heavy atom. The number of phenols is 1. The number of halogens is 1. The zero-order chi connectivity index (χ0) is 13.3. The van der Waals surface area contributed by atoms with E-state index in [1.54, 1.807) is 18.2 Å². The zero-order valence-electron chi connectivity index (χ0n) is 10.8. The van der Waals surface area contributed by atoms with Crippen LogP contribution in [0.3, 0.4) is 0 Å². The molecule has 1 aromatic carbocycles.